The second kappa shape index (κ2) is 9.67. The lowest BCUT2D eigenvalue weighted by atomic mass is 9.87. The summed E-state index contributed by atoms with van der Waals surface area (Å²) in [5.74, 6) is 1.07. The zero-order valence-electron chi connectivity index (χ0n) is 17.6. The van der Waals surface area contributed by atoms with E-state index >= 15 is 0 Å². The highest BCUT2D eigenvalue weighted by Crippen LogP contribution is 2.30. The lowest BCUT2D eigenvalue weighted by Gasteiger charge is -2.21. The van der Waals surface area contributed by atoms with Crippen LogP contribution in [-0.2, 0) is 18.4 Å². The molecule has 0 amide bonds. The van der Waals surface area contributed by atoms with Crippen molar-refractivity contribution < 1.29 is 10.2 Å². The first-order chi connectivity index (χ1) is 14.3. The van der Waals surface area contributed by atoms with E-state index in [1.54, 1.807) is 29.5 Å². The van der Waals surface area contributed by atoms with E-state index in [9.17, 15) is 10.2 Å². The first kappa shape index (κ1) is 21.7. The summed E-state index contributed by atoms with van der Waals surface area (Å²) < 4.78 is 0. The van der Waals surface area contributed by atoms with Crippen LogP contribution in [-0.4, -0.2) is 22.7 Å². The third-order valence-electron chi connectivity index (χ3n) is 4.73. The summed E-state index contributed by atoms with van der Waals surface area (Å²) in [4.78, 5) is 5.86. The quantitative estimate of drug-likeness (QED) is 0.248. The number of aromatic hydroxyl groups is 2. The van der Waals surface area contributed by atoms with Crippen LogP contribution in [0.5, 0.6) is 11.5 Å². The van der Waals surface area contributed by atoms with Crippen molar-refractivity contribution in [3.63, 3.8) is 0 Å². The molecule has 5 nitrogen and oxygen atoms in total. The maximum Gasteiger partial charge on any atom is 0.196 e. The number of hydrogen-bond donors (Lipinski definition) is 4. The minimum atomic E-state index is -0.0231. The fourth-order valence-electron chi connectivity index (χ4n) is 2.92. The van der Waals surface area contributed by atoms with Crippen LogP contribution < -0.4 is 10.6 Å². The average Bonchev–Trinajstić information content (AvgIpc) is 3.22. The number of rotatable bonds is 6. The van der Waals surface area contributed by atoms with Crippen LogP contribution in [0.4, 0.5) is 5.69 Å². The highest BCUT2D eigenvalue weighted by Gasteiger charge is 2.16. The van der Waals surface area contributed by atoms with E-state index in [1.165, 1.54) is 4.88 Å². The normalized spacial score (nSPS) is 12.0. The second-order valence-corrected chi connectivity index (χ2v) is 9.23. The maximum atomic E-state index is 10.4. The number of nitrogens with one attached hydrogen (secondary N) is 2. The van der Waals surface area contributed by atoms with Gasteiger partial charge in [0.15, 0.2) is 5.96 Å². The van der Waals surface area contributed by atoms with Crippen LogP contribution in [0.25, 0.3) is 0 Å². The van der Waals surface area contributed by atoms with E-state index in [0.717, 1.165) is 17.5 Å². The topological polar surface area (TPSA) is 76.9 Å². The number of guanidine groups is 1. The second-order valence-electron chi connectivity index (χ2n) is 8.19. The Morgan fingerprint density at radius 1 is 1.03 bits per heavy atom. The molecule has 1 aromatic heterocycles. The Balaban J connectivity index is 1.74. The van der Waals surface area contributed by atoms with Crippen LogP contribution in [0.2, 0.25) is 0 Å². The third kappa shape index (κ3) is 6.26. The highest BCUT2D eigenvalue weighted by molar-refractivity contribution is 7.09. The summed E-state index contributed by atoms with van der Waals surface area (Å²) >= 11 is 1.67. The van der Waals surface area contributed by atoms with Crippen molar-refractivity contribution in [2.75, 3.05) is 11.9 Å². The van der Waals surface area contributed by atoms with Crippen LogP contribution in [0.3, 0.4) is 0 Å². The summed E-state index contributed by atoms with van der Waals surface area (Å²) in [6, 6.07) is 16.9. The van der Waals surface area contributed by atoms with Gasteiger partial charge in [-0.2, -0.15) is 0 Å². The van der Waals surface area contributed by atoms with E-state index in [-0.39, 0.29) is 16.9 Å². The molecule has 0 aliphatic carbocycles. The summed E-state index contributed by atoms with van der Waals surface area (Å²) in [6.07, 6.45) is 0.786. The van der Waals surface area contributed by atoms with E-state index in [2.05, 4.69) is 37.5 Å². The fourth-order valence-corrected chi connectivity index (χ4v) is 3.55. The first-order valence-corrected chi connectivity index (χ1v) is 10.9. The van der Waals surface area contributed by atoms with Gasteiger partial charge in [0.25, 0.3) is 0 Å². The highest BCUT2D eigenvalue weighted by atomic mass is 32.1. The molecule has 3 aromatic rings. The number of benzene rings is 2. The summed E-state index contributed by atoms with van der Waals surface area (Å²) in [7, 11) is 0. The van der Waals surface area contributed by atoms with Crippen LogP contribution in [0.1, 0.15) is 36.8 Å². The predicted octanol–water partition coefficient (Wildman–Crippen LogP) is 5.26. The van der Waals surface area contributed by atoms with Gasteiger partial charge in [-0.1, -0.05) is 45.0 Å². The Labute approximate surface area is 182 Å². The van der Waals surface area contributed by atoms with Crippen LogP contribution in [0, 0.1) is 0 Å². The van der Waals surface area contributed by atoms with Gasteiger partial charge < -0.3 is 20.8 Å². The summed E-state index contributed by atoms with van der Waals surface area (Å²) in [6.45, 7) is 7.66. The molecular formula is C24H29N3O2S. The molecule has 0 aliphatic heterocycles. The summed E-state index contributed by atoms with van der Waals surface area (Å²) in [5, 5.41) is 28.5. The molecular weight excluding hydrogens is 394 g/mol. The fraction of sp³-hybridized carbons (Fsp3) is 0.292. The Bertz CT molecular complexity index is 975. The van der Waals surface area contributed by atoms with E-state index < -0.39 is 0 Å². The molecule has 0 saturated heterocycles. The third-order valence-corrected chi connectivity index (χ3v) is 5.59. The molecule has 0 aliphatic rings. The van der Waals surface area contributed by atoms with Crippen molar-refractivity contribution in [3.8, 4) is 11.5 Å². The molecule has 0 spiro atoms. The van der Waals surface area contributed by atoms with Gasteiger partial charge in [0.05, 0.1) is 12.2 Å². The van der Waals surface area contributed by atoms with Gasteiger partial charge in [-0.25, -0.2) is 4.99 Å². The molecule has 6 heteroatoms. The van der Waals surface area contributed by atoms with Crippen molar-refractivity contribution in [2.45, 2.75) is 39.2 Å². The molecule has 30 heavy (non-hydrogen) atoms. The van der Waals surface area contributed by atoms with Crippen molar-refractivity contribution in [1.82, 2.24) is 5.32 Å². The Morgan fingerprint density at radius 2 is 1.80 bits per heavy atom. The number of thiophene rings is 1. The largest absolute Gasteiger partial charge is 0.508 e. The van der Waals surface area contributed by atoms with Crippen molar-refractivity contribution in [3.05, 3.63) is 76.0 Å². The molecule has 0 saturated carbocycles. The molecule has 3 rings (SSSR count). The number of anilines is 1. The smallest absolute Gasteiger partial charge is 0.196 e. The Morgan fingerprint density at radius 3 is 2.47 bits per heavy atom. The molecule has 1 heterocycles. The molecule has 0 bridgehead atoms. The van der Waals surface area contributed by atoms with Crippen molar-refractivity contribution >= 4 is 23.0 Å². The van der Waals surface area contributed by atoms with Gasteiger partial charge in [0.1, 0.15) is 11.5 Å². The molecule has 0 atom stereocenters. The lowest BCUT2D eigenvalue weighted by Crippen LogP contribution is -2.32. The van der Waals surface area contributed by atoms with Gasteiger partial charge >= 0.3 is 0 Å². The summed E-state index contributed by atoms with van der Waals surface area (Å²) in [5.41, 5.74) is 2.86. The number of nitrogens with zero attached hydrogens (tertiary/aromatic N) is 1. The number of hydrogen-bond acceptors (Lipinski definition) is 4. The number of aliphatic imine (C=N–C) groups is 1. The van der Waals surface area contributed by atoms with Gasteiger partial charge in [-0.05, 0) is 58.7 Å². The maximum absolute atomic E-state index is 10.4. The Kier molecular flexibility index (Phi) is 7.00. The monoisotopic (exact) mass is 423 g/mol. The van der Waals surface area contributed by atoms with E-state index in [4.69, 9.17) is 4.99 Å². The molecule has 0 fully saturated rings. The molecule has 4 N–H and O–H groups in total. The Hall–Kier alpha value is -2.99. The molecule has 2 aromatic carbocycles. The standard InChI is InChI=1S/C24H29N3O2S/c1-24(2,3)18-8-11-22(29)21(15-18)27-23(26-16-20-5-4-14-30-20)25-13-12-17-6-9-19(28)10-7-17/h4-11,14-15,28-29H,12-13,16H2,1-3H3,(H2,25,26,27). The minimum Gasteiger partial charge on any atom is -0.508 e. The first-order valence-electron chi connectivity index (χ1n) is 10.0. The molecule has 158 valence electrons. The van der Waals surface area contributed by atoms with Crippen LogP contribution >= 0.6 is 11.3 Å². The minimum absolute atomic E-state index is 0.0231. The lowest BCUT2D eigenvalue weighted by molar-refractivity contribution is 0.475. The average molecular weight is 424 g/mol. The van der Waals surface area contributed by atoms with Gasteiger partial charge in [-0.3, -0.25) is 0 Å². The number of phenols is 2. The zero-order chi connectivity index (χ0) is 21.6. The molecule has 0 unspecified atom stereocenters. The van der Waals surface area contributed by atoms with Gasteiger partial charge in [-0.15, -0.1) is 11.3 Å². The van der Waals surface area contributed by atoms with Gasteiger partial charge in [0.2, 0.25) is 0 Å². The van der Waals surface area contributed by atoms with E-state index in [1.807, 2.05) is 35.7 Å². The molecule has 0 radical (unpaired) electrons. The SMILES string of the molecule is CC(C)(C)c1ccc(O)c(NC(=NCc2cccs2)NCCc2ccc(O)cc2)c1. The van der Waals surface area contributed by atoms with Gasteiger partial charge in [0, 0.05) is 11.4 Å². The zero-order valence-corrected chi connectivity index (χ0v) is 18.5. The van der Waals surface area contributed by atoms with Crippen molar-refractivity contribution in [1.29, 1.82) is 0 Å². The van der Waals surface area contributed by atoms with Crippen LogP contribution in [0.15, 0.2) is 65.0 Å². The number of phenolic OH excluding ortho intramolecular Hbond substituents is 2. The predicted molar refractivity (Wildman–Crippen MR) is 126 cm³/mol. The van der Waals surface area contributed by atoms with E-state index in [0.29, 0.717) is 24.7 Å². The van der Waals surface area contributed by atoms with Crippen molar-refractivity contribution in [2.24, 2.45) is 4.99 Å².